The number of anilines is 1. The van der Waals surface area contributed by atoms with Gasteiger partial charge in [-0.05, 0) is 49.6 Å². The number of primary amides is 1. The largest absolute Gasteiger partial charge is 0.370 e. The fraction of sp³-hybridized carbons (Fsp3) is 0.588. The molecule has 2 saturated heterocycles. The van der Waals surface area contributed by atoms with E-state index >= 15 is 0 Å². The van der Waals surface area contributed by atoms with Crippen LogP contribution in [0.1, 0.15) is 37.7 Å². The van der Waals surface area contributed by atoms with Gasteiger partial charge in [0.2, 0.25) is 11.8 Å². The number of nitriles is 1. The summed E-state index contributed by atoms with van der Waals surface area (Å²) in [5.74, 6) is 0.283. The topological polar surface area (TPSA) is 90.4 Å². The van der Waals surface area contributed by atoms with Gasteiger partial charge in [-0.2, -0.15) is 5.26 Å². The number of rotatable bonds is 5. The van der Waals surface area contributed by atoms with Crippen LogP contribution in [0, 0.1) is 17.2 Å². The van der Waals surface area contributed by atoms with E-state index in [-0.39, 0.29) is 17.9 Å². The van der Waals surface area contributed by atoms with E-state index in [1.807, 2.05) is 5.38 Å². The molecule has 0 aliphatic carbocycles. The molecule has 2 N–H and O–H groups in total. The van der Waals surface area contributed by atoms with Crippen molar-refractivity contribution >= 4 is 28.2 Å². The molecule has 2 atom stereocenters. The highest BCUT2D eigenvalue weighted by molar-refractivity contribution is 7.14. The van der Waals surface area contributed by atoms with Gasteiger partial charge >= 0.3 is 0 Å². The molecule has 2 fully saturated rings. The molecule has 0 unspecified atom stereocenters. The van der Waals surface area contributed by atoms with Crippen molar-refractivity contribution in [1.29, 1.82) is 5.26 Å². The summed E-state index contributed by atoms with van der Waals surface area (Å²) in [4.78, 5) is 27.9. The van der Waals surface area contributed by atoms with E-state index in [4.69, 9.17) is 5.73 Å². The average Bonchev–Trinajstić information content (AvgIpc) is 3.19. The number of carbonyl (C=O) groups excluding carboxylic acids is 2. The first-order chi connectivity index (χ1) is 11.6. The van der Waals surface area contributed by atoms with Crippen molar-refractivity contribution in [3.8, 4) is 6.07 Å². The molecule has 24 heavy (non-hydrogen) atoms. The minimum atomic E-state index is -0.253. The second-order valence-corrected chi connectivity index (χ2v) is 7.45. The first kappa shape index (κ1) is 16.9. The van der Waals surface area contributed by atoms with Gasteiger partial charge in [0.1, 0.15) is 11.1 Å². The van der Waals surface area contributed by atoms with Crippen molar-refractivity contribution < 1.29 is 9.59 Å². The summed E-state index contributed by atoms with van der Waals surface area (Å²) < 4.78 is 0. The maximum atomic E-state index is 12.9. The maximum Gasteiger partial charge on any atom is 0.245 e. The number of nitrogens with two attached hydrogens (primary N) is 1. The second-order valence-electron chi connectivity index (χ2n) is 6.55. The Hall–Kier alpha value is -1.91. The van der Waals surface area contributed by atoms with Gasteiger partial charge in [-0.3, -0.25) is 14.5 Å². The minimum Gasteiger partial charge on any atom is -0.370 e. The van der Waals surface area contributed by atoms with Crippen LogP contribution in [0.4, 0.5) is 5.00 Å². The van der Waals surface area contributed by atoms with Crippen LogP contribution < -0.4 is 10.6 Å². The second kappa shape index (κ2) is 7.32. The Balaban J connectivity index is 1.64. The van der Waals surface area contributed by atoms with E-state index in [2.05, 4.69) is 11.0 Å². The molecule has 0 aromatic carbocycles. The molecule has 2 aliphatic rings. The van der Waals surface area contributed by atoms with Gasteiger partial charge in [0, 0.05) is 19.5 Å². The van der Waals surface area contributed by atoms with Crippen LogP contribution in [-0.4, -0.2) is 42.4 Å². The normalized spacial score (nSPS) is 25.0. The Morgan fingerprint density at radius 2 is 2.25 bits per heavy atom. The summed E-state index contributed by atoms with van der Waals surface area (Å²) in [7, 11) is 0. The van der Waals surface area contributed by atoms with Crippen molar-refractivity contribution in [2.45, 2.75) is 38.1 Å². The summed E-state index contributed by atoms with van der Waals surface area (Å²) in [5.41, 5.74) is 5.83. The molecular weight excluding hydrogens is 324 g/mol. The molecule has 2 aliphatic heterocycles. The van der Waals surface area contributed by atoms with Crippen LogP contribution in [0.2, 0.25) is 0 Å². The monoisotopic (exact) mass is 346 g/mol. The Kier molecular flexibility index (Phi) is 5.17. The fourth-order valence-corrected chi connectivity index (χ4v) is 4.65. The lowest BCUT2D eigenvalue weighted by molar-refractivity contribution is -0.122. The smallest absolute Gasteiger partial charge is 0.245 e. The van der Waals surface area contributed by atoms with E-state index in [0.29, 0.717) is 24.4 Å². The van der Waals surface area contributed by atoms with Gasteiger partial charge < -0.3 is 10.6 Å². The number of thiophene rings is 1. The molecule has 0 spiro atoms. The Morgan fingerprint density at radius 1 is 1.42 bits per heavy atom. The zero-order chi connectivity index (χ0) is 17.1. The van der Waals surface area contributed by atoms with Crippen LogP contribution in [-0.2, 0) is 9.59 Å². The van der Waals surface area contributed by atoms with Crippen molar-refractivity contribution in [2.24, 2.45) is 11.7 Å². The maximum absolute atomic E-state index is 12.9. The highest BCUT2D eigenvalue weighted by Gasteiger charge is 2.39. The summed E-state index contributed by atoms with van der Waals surface area (Å²) in [5, 5.41) is 11.8. The number of piperidine rings is 1. The first-order valence-corrected chi connectivity index (χ1v) is 9.29. The SMILES string of the molecule is N#Cc1ccsc1N1CC[C@@H](N2CCC[C@H](CCC(N)=O)C2)C1=O. The predicted octanol–water partition coefficient (Wildman–Crippen LogP) is 1.70. The van der Waals surface area contributed by atoms with Crippen molar-refractivity contribution in [3.05, 3.63) is 17.0 Å². The van der Waals surface area contributed by atoms with Gasteiger partial charge in [-0.1, -0.05) is 0 Å². The molecule has 0 saturated carbocycles. The third-order valence-electron chi connectivity index (χ3n) is 4.98. The predicted molar refractivity (Wildman–Crippen MR) is 92.5 cm³/mol. The highest BCUT2D eigenvalue weighted by Crippen LogP contribution is 2.33. The fourth-order valence-electron chi connectivity index (χ4n) is 3.76. The summed E-state index contributed by atoms with van der Waals surface area (Å²) >= 11 is 1.45. The standard InChI is InChI=1S/C17H22N4O2S/c18-10-13-6-9-24-17(13)21-8-5-14(16(21)23)20-7-1-2-12(11-20)3-4-15(19)22/h6,9,12,14H,1-5,7-8,11H2,(H2,19,22)/t12-,14-/m1/s1. The average molecular weight is 346 g/mol. The molecule has 7 heteroatoms. The molecule has 0 bridgehead atoms. The van der Waals surface area contributed by atoms with Crippen LogP contribution in [0.3, 0.4) is 0 Å². The number of likely N-dealkylation sites (tertiary alicyclic amines) is 1. The van der Waals surface area contributed by atoms with Gasteiger partial charge in [0.15, 0.2) is 0 Å². The van der Waals surface area contributed by atoms with Crippen LogP contribution in [0.5, 0.6) is 0 Å². The van der Waals surface area contributed by atoms with Gasteiger partial charge in [-0.25, -0.2) is 0 Å². The highest BCUT2D eigenvalue weighted by atomic mass is 32.1. The zero-order valence-corrected chi connectivity index (χ0v) is 14.4. The zero-order valence-electron chi connectivity index (χ0n) is 13.6. The van der Waals surface area contributed by atoms with Gasteiger partial charge in [0.25, 0.3) is 0 Å². The minimum absolute atomic E-state index is 0.101. The van der Waals surface area contributed by atoms with Gasteiger partial charge in [0.05, 0.1) is 11.6 Å². The van der Waals surface area contributed by atoms with Gasteiger partial charge in [-0.15, -0.1) is 11.3 Å². The number of carbonyl (C=O) groups is 2. The van der Waals surface area contributed by atoms with Crippen molar-refractivity contribution in [1.82, 2.24) is 4.90 Å². The molecule has 3 heterocycles. The summed E-state index contributed by atoms with van der Waals surface area (Å²) in [6.45, 7) is 2.45. The first-order valence-electron chi connectivity index (χ1n) is 8.41. The third-order valence-corrected chi connectivity index (χ3v) is 5.91. The van der Waals surface area contributed by atoms with E-state index in [9.17, 15) is 14.9 Å². The molecule has 6 nitrogen and oxygen atoms in total. The van der Waals surface area contributed by atoms with Crippen molar-refractivity contribution in [2.75, 3.05) is 24.5 Å². The van der Waals surface area contributed by atoms with Crippen LogP contribution in [0.15, 0.2) is 11.4 Å². The number of hydrogen-bond donors (Lipinski definition) is 1. The quantitative estimate of drug-likeness (QED) is 0.878. The molecule has 1 aromatic heterocycles. The Bertz CT molecular complexity index is 666. The van der Waals surface area contributed by atoms with E-state index < -0.39 is 0 Å². The lowest BCUT2D eigenvalue weighted by atomic mass is 9.92. The Labute approximate surface area is 145 Å². The van der Waals surface area contributed by atoms with E-state index in [0.717, 1.165) is 43.8 Å². The molecule has 0 radical (unpaired) electrons. The molecule has 128 valence electrons. The van der Waals surface area contributed by atoms with Crippen LogP contribution in [0.25, 0.3) is 0 Å². The number of amides is 2. The number of nitrogens with zero attached hydrogens (tertiary/aromatic N) is 3. The summed E-state index contributed by atoms with van der Waals surface area (Å²) in [6, 6.07) is 3.82. The molecule has 1 aromatic rings. The van der Waals surface area contributed by atoms with Crippen LogP contribution >= 0.6 is 11.3 Å². The van der Waals surface area contributed by atoms with Crippen molar-refractivity contribution in [3.63, 3.8) is 0 Å². The van der Waals surface area contributed by atoms with E-state index in [1.54, 1.807) is 11.0 Å². The Morgan fingerprint density at radius 3 is 3.00 bits per heavy atom. The number of hydrogen-bond acceptors (Lipinski definition) is 5. The third kappa shape index (κ3) is 3.45. The molecular formula is C17H22N4O2S. The molecule has 2 amide bonds. The molecule has 3 rings (SSSR count). The summed E-state index contributed by atoms with van der Waals surface area (Å²) in [6.07, 6.45) is 4.17. The lowest BCUT2D eigenvalue weighted by Gasteiger charge is -2.35. The van der Waals surface area contributed by atoms with E-state index in [1.165, 1.54) is 11.3 Å². The lowest BCUT2D eigenvalue weighted by Crippen LogP contribution is -2.47.